The van der Waals surface area contributed by atoms with Crippen LogP contribution in [-0.2, 0) is 4.74 Å². The van der Waals surface area contributed by atoms with Gasteiger partial charge < -0.3 is 15.4 Å². The molecule has 22 heavy (non-hydrogen) atoms. The molecule has 2 heterocycles. The number of anilines is 1. The van der Waals surface area contributed by atoms with E-state index in [0.29, 0.717) is 23.9 Å². The van der Waals surface area contributed by atoms with E-state index in [-0.39, 0.29) is 12.0 Å². The number of hydrogen-bond acceptors (Lipinski definition) is 5. The van der Waals surface area contributed by atoms with Gasteiger partial charge in [0.2, 0.25) is 0 Å². The minimum Gasteiger partial charge on any atom is -0.376 e. The molecule has 6 nitrogen and oxygen atoms in total. The van der Waals surface area contributed by atoms with Crippen molar-refractivity contribution in [1.82, 2.24) is 15.3 Å². The van der Waals surface area contributed by atoms with E-state index in [9.17, 15) is 4.79 Å². The Labute approximate surface area is 132 Å². The van der Waals surface area contributed by atoms with Gasteiger partial charge in [-0.2, -0.15) is 0 Å². The summed E-state index contributed by atoms with van der Waals surface area (Å²) in [6.07, 6.45) is 5.68. The highest BCUT2D eigenvalue weighted by Crippen LogP contribution is 2.11. The molecule has 0 bridgehead atoms. The third-order valence-electron chi connectivity index (χ3n) is 3.67. The summed E-state index contributed by atoms with van der Waals surface area (Å²) < 4.78 is 5.50. The molecule has 1 atom stereocenters. The van der Waals surface area contributed by atoms with Gasteiger partial charge in [0.05, 0.1) is 6.10 Å². The van der Waals surface area contributed by atoms with Crippen LogP contribution in [0.1, 0.15) is 55.3 Å². The van der Waals surface area contributed by atoms with Gasteiger partial charge in [-0.15, -0.1) is 0 Å². The summed E-state index contributed by atoms with van der Waals surface area (Å²) in [5, 5.41) is 6.15. The molecular formula is C16H26N4O2. The molecule has 6 heteroatoms. The Morgan fingerprint density at radius 2 is 2.27 bits per heavy atom. The molecule has 1 unspecified atom stereocenters. The van der Waals surface area contributed by atoms with E-state index in [0.717, 1.165) is 32.4 Å². The Bertz CT molecular complexity index is 487. The molecule has 1 aliphatic rings. The number of rotatable bonds is 8. The fourth-order valence-corrected chi connectivity index (χ4v) is 2.47. The molecule has 1 aliphatic heterocycles. The Hall–Kier alpha value is -1.69. The predicted octanol–water partition coefficient (Wildman–Crippen LogP) is 2.30. The van der Waals surface area contributed by atoms with Crippen LogP contribution in [0.4, 0.5) is 5.82 Å². The lowest BCUT2D eigenvalue weighted by atomic mass is 10.2. The highest BCUT2D eigenvalue weighted by Gasteiger charge is 2.17. The summed E-state index contributed by atoms with van der Waals surface area (Å²) in [6, 6.07) is 1.71. The van der Waals surface area contributed by atoms with Crippen molar-refractivity contribution < 1.29 is 9.53 Å². The summed E-state index contributed by atoms with van der Waals surface area (Å²) in [4.78, 5) is 20.7. The van der Waals surface area contributed by atoms with E-state index in [1.807, 2.05) is 0 Å². The molecule has 0 saturated carbocycles. The van der Waals surface area contributed by atoms with Gasteiger partial charge >= 0.3 is 0 Å². The molecule has 1 aromatic rings. The van der Waals surface area contributed by atoms with Gasteiger partial charge in [-0.25, -0.2) is 9.97 Å². The van der Waals surface area contributed by atoms with Crippen molar-refractivity contribution in [3.05, 3.63) is 17.6 Å². The number of nitrogens with one attached hydrogen (secondary N) is 2. The van der Waals surface area contributed by atoms with Crippen LogP contribution in [0.2, 0.25) is 0 Å². The van der Waals surface area contributed by atoms with Gasteiger partial charge in [-0.3, -0.25) is 4.79 Å². The van der Waals surface area contributed by atoms with Crippen LogP contribution in [0.15, 0.2) is 6.07 Å². The van der Waals surface area contributed by atoms with Crippen LogP contribution in [-0.4, -0.2) is 41.7 Å². The maximum atomic E-state index is 12.2. The van der Waals surface area contributed by atoms with Crippen molar-refractivity contribution >= 4 is 11.7 Å². The van der Waals surface area contributed by atoms with Gasteiger partial charge in [-0.05, 0) is 26.2 Å². The Morgan fingerprint density at radius 3 is 3.00 bits per heavy atom. The van der Waals surface area contributed by atoms with Gasteiger partial charge in [-0.1, -0.05) is 19.8 Å². The molecule has 2 N–H and O–H groups in total. The zero-order valence-corrected chi connectivity index (χ0v) is 13.5. The molecule has 1 aromatic heterocycles. The second-order valence-corrected chi connectivity index (χ2v) is 5.66. The molecule has 1 fully saturated rings. The van der Waals surface area contributed by atoms with Gasteiger partial charge in [0.1, 0.15) is 17.3 Å². The zero-order valence-electron chi connectivity index (χ0n) is 13.5. The van der Waals surface area contributed by atoms with Crippen LogP contribution in [0.5, 0.6) is 0 Å². The van der Waals surface area contributed by atoms with Crippen LogP contribution in [0.3, 0.4) is 0 Å². The van der Waals surface area contributed by atoms with Crippen LogP contribution < -0.4 is 10.6 Å². The smallest absolute Gasteiger partial charge is 0.270 e. The molecule has 0 radical (unpaired) electrons. The summed E-state index contributed by atoms with van der Waals surface area (Å²) >= 11 is 0. The third-order valence-corrected chi connectivity index (χ3v) is 3.67. The fraction of sp³-hybridized carbons (Fsp3) is 0.688. The minimum atomic E-state index is -0.169. The van der Waals surface area contributed by atoms with Crippen molar-refractivity contribution in [2.24, 2.45) is 0 Å². The molecule has 0 spiro atoms. The van der Waals surface area contributed by atoms with Crippen molar-refractivity contribution in [3.8, 4) is 0 Å². The third kappa shape index (κ3) is 5.26. The lowest BCUT2D eigenvalue weighted by Crippen LogP contribution is -2.32. The number of aryl methyl sites for hydroxylation is 1. The van der Waals surface area contributed by atoms with E-state index in [2.05, 4.69) is 27.5 Å². The molecule has 122 valence electrons. The lowest BCUT2D eigenvalue weighted by molar-refractivity contribution is 0.0853. The fourth-order valence-electron chi connectivity index (χ4n) is 2.47. The second kappa shape index (κ2) is 8.68. The molecular weight excluding hydrogens is 280 g/mol. The standard InChI is InChI=1S/C16H26N4O2/c1-3-4-5-8-17-15-10-14(19-12(2)20-15)16(21)18-11-13-7-6-9-22-13/h10,13H,3-9,11H2,1-2H3,(H,18,21)(H,17,19,20). The van der Waals surface area contributed by atoms with E-state index in [4.69, 9.17) is 4.74 Å². The molecule has 0 aliphatic carbocycles. The Balaban J connectivity index is 1.88. The van der Waals surface area contributed by atoms with Crippen LogP contribution in [0.25, 0.3) is 0 Å². The summed E-state index contributed by atoms with van der Waals surface area (Å²) in [5.41, 5.74) is 0.406. The first kappa shape index (κ1) is 16.7. The Morgan fingerprint density at radius 1 is 1.41 bits per heavy atom. The number of hydrogen-bond donors (Lipinski definition) is 2. The number of ether oxygens (including phenoxy) is 1. The van der Waals surface area contributed by atoms with E-state index >= 15 is 0 Å². The normalized spacial score (nSPS) is 17.5. The molecule has 0 aromatic carbocycles. The Kier molecular flexibility index (Phi) is 6.58. The number of carbonyl (C=O) groups is 1. The number of carbonyl (C=O) groups excluding carboxylic acids is 1. The van der Waals surface area contributed by atoms with E-state index in [1.165, 1.54) is 12.8 Å². The summed E-state index contributed by atoms with van der Waals surface area (Å²) in [6.45, 7) is 6.17. The minimum absolute atomic E-state index is 0.138. The average molecular weight is 306 g/mol. The topological polar surface area (TPSA) is 76.1 Å². The van der Waals surface area contributed by atoms with Crippen LogP contribution >= 0.6 is 0 Å². The monoisotopic (exact) mass is 306 g/mol. The average Bonchev–Trinajstić information content (AvgIpc) is 3.02. The van der Waals surface area contributed by atoms with Gasteiger partial charge in [0.25, 0.3) is 5.91 Å². The number of nitrogens with zero attached hydrogens (tertiary/aromatic N) is 2. The SMILES string of the molecule is CCCCCNc1cc(C(=O)NCC2CCCO2)nc(C)n1. The first-order chi connectivity index (χ1) is 10.7. The van der Waals surface area contributed by atoms with Gasteiger partial charge in [0.15, 0.2) is 0 Å². The number of amides is 1. The number of aromatic nitrogens is 2. The van der Waals surface area contributed by atoms with Crippen molar-refractivity contribution in [2.75, 3.05) is 25.0 Å². The zero-order chi connectivity index (χ0) is 15.8. The quantitative estimate of drug-likeness (QED) is 0.721. The first-order valence-corrected chi connectivity index (χ1v) is 8.18. The van der Waals surface area contributed by atoms with Crippen molar-refractivity contribution in [3.63, 3.8) is 0 Å². The summed E-state index contributed by atoms with van der Waals surface area (Å²) in [7, 11) is 0. The first-order valence-electron chi connectivity index (χ1n) is 8.18. The van der Waals surface area contributed by atoms with Crippen molar-refractivity contribution in [1.29, 1.82) is 0 Å². The summed E-state index contributed by atoms with van der Waals surface area (Å²) in [5.74, 6) is 1.14. The highest BCUT2D eigenvalue weighted by molar-refractivity contribution is 5.92. The highest BCUT2D eigenvalue weighted by atomic mass is 16.5. The maximum absolute atomic E-state index is 12.2. The van der Waals surface area contributed by atoms with E-state index < -0.39 is 0 Å². The lowest BCUT2D eigenvalue weighted by Gasteiger charge is -2.11. The van der Waals surface area contributed by atoms with Crippen LogP contribution in [0, 0.1) is 6.92 Å². The number of unbranched alkanes of at least 4 members (excludes halogenated alkanes) is 2. The molecule has 2 rings (SSSR count). The predicted molar refractivity (Wildman–Crippen MR) is 86.1 cm³/mol. The second-order valence-electron chi connectivity index (χ2n) is 5.66. The largest absolute Gasteiger partial charge is 0.376 e. The van der Waals surface area contributed by atoms with Crippen molar-refractivity contribution in [2.45, 2.75) is 52.1 Å². The van der Waals surface area contributed by atoms with Gasteiger partial charge in [0, 0.05) is 25.8 Å². The molecule has 1 saturated heterocycles. The maximum Gasteiger partial charge on any atom is 0.270 e. The van der Waals surface area contributed by atoms with E-state index in [1.54, 1.807) is 13.0 Å². The molecule has 1 amide bonds.